The lowest BCUT2D eigenvalue weighted by Gasteiger charge is -2.12. The summed E-state index contributed by atoms with van der Waals surface area (Å²) in [6.07, 6.45) is 4.04. The molecule has 0 unspecified atom stereocenters. The molecule has 2 heterocycles. The molecule has 0 saturated heterocycles. The molecule has 6 heteroatoms. The number of carbonyl (C=O) groups excluding carboxylic acids is 1. The van der Waals surface area contributed by atoms with Gasteiger partial charge in [-0.1, -0.05) is 48.5 Å². The monoisotopic (exact) mass is 436 g/mol. The quantitative estimate of drug-likeness (QED) is 0.348. The van der Waals surface area contributed by atoms with Crippen molar-refractivity contribution in [2.24, 2.45) is 0 Å². The van der Waals surface area contributed by atoms with Crippen molar-refractivity contribution in [2.45, 2.75) is 19.5 Å². The summed E-state index contributed by atoms with van der Waals surface area (Å²) in [5.41, 5.74) is 2.55. The van der Waals surface area contributed by atoms with Gasteiger partial charge >= 0.3 is 0 Å². The molecule has 3 aromatic carbocycles. The van der Waals surface area contributed by atoms with E-state index in [0.717, 1.165) is 41.0 Å². The maximum Gasteiger partial charge on any atom is 0.251 e. The second-order valence-corrected chi connectivity index (χ2v) is 7.77. The smallest absolute Gasteiger partial charge is 0.251 e. The van der Waals surface area contributed by atoms with Gasteiger partial charge in [0.05, 0.1) is 24.2 Å². The van der Waals surface area contributed by atoms with E-state index in [1.54, 1.807) is 24.5 Å². The van der Waals surface area contributed by atoms with Crippen molar-refractivity contribution in [2.75, 3.05) is 6.61 Å². The summed E-state index contributed by atoms with van der Waals surface area (Å²) in [4.78, 5) is 21.2. The molecule has 164 valence electrons. The zero-order chi connectivity index (χ0) is 22.5. The van der Waals surface area contributed by atoms with Crippen molar-refractivity contribution in [1.82, 2.24) is 19.9 Å². The number of nitrogens with zero attached hydrogens (tertiary/aromatic N) is 3. The van der Waals surface area contributed by atoms with Gasteiger partial charge in [-0.2, -0.15) is 0 Å². The van der Waals surface area contributed by atoms with Crippen LogP contribution in [-0.4, -0.2) is 27.0 Å². The molecule has 0 spiro atoms. The van der Waals surface area contributed by atoms with Crippen LogP contribution in [0.1, 0.15) is 22.6 Å². The number of amides is 1. The molecule has 2 aromatic heterocycles. The average molecular weight is 437 g/mol. The van der Waals surface area contributed by atoms with Crippen molar-refractivity contribution in [3.63, 3.8) is 0 Å². The highest BCUT2D eigenvalue weighted by Gasteiger charge is 2.12. The van der Waals surface area contributed by atoms with E-state index in [1.807, 2.05) is 42.5 Å². The number of para-hydroxylation sites is 2. The standard InChI is InChI=1S/C27H24N4O2/c32-27(21-13-15-28-16-14-21)29-19-26-30-23-10-3-4-11-24(23)31(26)17-6-18-33-25-12-5-8-20-7-1-2-9-22(20)25/h1-5,7-16H,6,17-19H2,(H,29,32). The van der Waals surface area contributed by atoms with E-state index in [4.69, 9.17) is 9.72 Å². The minimum Gasteiger partial charge on any atom is -0.493 e. The molecule has 0 aliphatic carbocycles. The van der Waals surface area contributed by atoms with Gasteiger partial charge in [0.15, 0.2) is 0 Å². The number of fused-ring (bicyclic) bond motifs is 2. The van der Waals surface area contributed by atoms with Gasteiger partial charge in [-0.05, 0) is 42.1 Å². The van der Waals surface area contributed by atoms with Gasteiger partial charge < -0.3 is 14.6 Å². The normalized spacial score (nSPS) is 11.0. The summed E-state index contributed by atoms with van der Waals surface area (Å²) in [5, 5.41) is 5.26. The first-order valence-corrected chi connectivity index (χ1v) is 11.0. The average Bonchev–Trinajstić information content (AvgIpc) is 3.23. The molecule has 0 atom stereocenters. The molecular weight excluding hydrogens is 412 g/mol. The van der Waals surface area contributed by atoms with Crippen molar-refractivity contribution in [3.05, 3.63) is 103 Å². The number of pyridine rings is 1. The van der Waals surface area contributed by atoms with E-state index in [2.05, 4.69) is 39.1 Å². The van der Waals surface area contributed by atoms with E-state index in [-0.39, 0.29) is 5.91 Å². The summed E-state index contributed by atoms with van der Waals surface area (Å²) in [5.74, 6) is 1.58. The fourth-order valence-electron chi connectivity index (χ4n) is 4.00. The highest BCUT2D eigenvalue weighted by molar-refractivity contribution is 5.94. The predicted octanol–water partition coefficient (Wildman–Crippen LogP) is 4.98. The molecule has 0 aliphatic heterocycles. The molecular formula is C27H24N4O2. The fraction of sp³-hybridized carbons (Fsp3) is 0.148. The van der Waals surface area contributed by atoms with E-state index in [1.165, 1.54) is 5.39 Å². The second-order valence-electron chi connectivity index (χ2n) is 7.77. The van der Waals surface area contributed by atoms with Crippen LogP contribution in [0.15, 0.2) is 91.3 Å². The zero-order valence-electron chi connectivity index (χ0n) is 18.1. The number of ether oxygens (including phenoxy) is 1. The highest BCUT2D eigenvalue weighted by Crippen LogP contribution is 2.25. The molecule has 1 N–H and O–H groups in total. The first kappa shape index (κ1) is 20.7. The third-order valence-electron chi connectivity index (χ3n) is 5.62. The first-order chi connectivity index (χ1) is 16.3. The molecule has 0 fully saturated rings. The van der Waals surface area contributed by atoms with Crippen LogP contribution in [0.3, 0.4) is 0 Å². The van der Waals surface area contributed by atoms with E-state index in [0.29, 0.717) is 18.7 Å². The van der Waals surface area contributed by atoms with Crippen molar-refractivity contribution in [1.29, 1.82) is 0 Å². The second kappa shape index (κ2) is 9.53. The molecule has 1 amide bonds. The van der Waals surface area contributed by atoms with Gasteiger partial charge in [0.25, 0.3) is 5.91 Å². The molecule has 0 bridgehead atoms. The zero-order valence-corrected chi connectivity index (χ0v) is 18.1. The highest BCUT2D eigenvalue weighted by atomic mass is 16.5. The molecule has 0 aliphatic rings. The van der Waals surface area contributed by atoms with Crippen LogP contribution in [-0.2, 0) is 13.1 Å². The predicted molar refractivity (Wildman–Crippen MR) is 129 cm³/mol. The van der Waals surface area contributed by atoms with Crippen molar-refractivity contribution in [3.8, 4) is 5.75 Å². The lowest BCUT2D eigenvalue weighted by molar-refractivity contribution is 0.0949. The van der Waals surface area contributed by atoms with Crippen LogP contribution in [0, 0.1) is 0 Å². The Kier molecular flexibility index (Phi) is 5.97. The van der Waals surface area contributed by atoms with Crippen LogP contribution >= 0.6 is 0 Å². The SMILES string of the molecule is O=C(NCc1nc2ccccc2n1CCCOc1cccc2ccccc12)c1ccncc1. The van der Waals surface area contributed by atoms with Gasteiger partial charge in [-0.25, -0.2) is 4.98 Å². The number of hydrogen-bond acceptors (Lipinski definition) is 4. The summed E-state index contributed by atoms with van der Waals surface area (Å²) >= 11 is 0. The Morgan fingerprint density at radius 1 is 0.909 bits per heavy atom. The van der Waals surface area contributed by atoms with Gasteiger partial charge in [0, 0.05) is 29.9 Å². The molecule has 5 aromatic rings. The Morgan fingerprint density at radius 3 is 2.61 bits per heavy atom. The number of aryl methyl sites for hydroxylation is 1. The third kappa shape index (κ3) is 4.55. The Labute approximate surface area is 191 Å². The van der Waals surface area contributed by atoms with E-state index in [9.17, 15) is 4.79 Å². The number of aromatic nitrogens is 3. The number of rotatable bonds is 8. The summed E-state index contributed by atoms with van der Waals surface area (Å²) in [6.45, 7) is 1.68. The third-order valence-corrected chi connectivity index (χ3v) is 5.62. The van der Waals surface area contributed by atoms with Crippen LogP contribution < -0.4 is 10.1 Å². The Morgan fingerprint density at radius 2 is 1.70 bits per heavy atom. The van der Waals surface area contributed by atoms with Gasteiger partial charge in [0.2, 0.25) is 0 Å². The van der Waals surface area contributed by atoms with Crippen LogP contribution in [0.25, 0.3) is 21.8 Å². The Hall–Kier alpha value is -4.19. The van der Waals surface area contributed by atoms with Crippen LogP contribution in [0.2, 0.25) is 0 Å². The maximum absolute atomic E-state index is 12.5. The minimum absolute atomic E-state index is 0.143. The largest absolute Gasteiger partial charge is 0.493 e. The summed E-state index contributed by atoms with van der Waals surface area (Å²) in [7, 11) is 0. The Balaban J connectivity index is 1.27. The summed E-state index contributed by atoms with van der Waals surface area (Å²) in [6, 6.07) is 25.8. The molecule has 5 rings (SSSR count). The van der Waals surface area contributed by atoms with Crippen LogP contribution in [0.5, 0.6) is 5.75 Å². The van der Waals surface area contributed by atoms with E-state index < -0.39 is 0 Å². The van der Waals surface area contributed by atoms with Gasteiger partial charge in [-0.15, -0.1) is 0 Å². The number of benzene rings is 3. The van der Waals surface area contributed by atoms with Crippen molar-refractivity contribution < 1.29 is 9.53 Å². The molecule has 0 saturated carbocycles. The van der Waals surface area contributed by atoms with E-state index >= 15 is 0 Å². The lowest BCUT2D eigenvalue weighted by atomic mass is 10.1. The number of hydrogen-bond donors (Lipinski definition) is 1. The lowest BCUT2D eigenvalue weighted by Crippen LogP contribution is -2.25. The van der Waals surface area contributed by atoms with Gasteiger partial charge in [-0.3, -0.25) is 9.78 Å². The number of imidazole rings is 1. The topological polar surface area (TPSA) is 69.0 Å². The number of carbonyl (C=O) groups is 1. The maximum atomic E-state index is 12.5. The van der Waals surface area contributed by atoms with Gasteiger partial charge in [0.1, 0.15) is 11.6 Å². The molecule has 33 heavy (non-hydrogen) atoms. The Bertz CT molecular complexity index is 1390. The first-order valence-electron chi connectivity index (χ1n) is 11.0. The molecule has 0 radical (unpaired) electrons. The van der Waals surface area contributed by atoms with Crippen LogP contribution in [0.4, 0.5) is 0 Å². The fourth-order valence-corrected chi connectivity index (χ4v) is 4.00. The summed E-state index contributed by atoms with van der Waals surface area (Å²) < 4.78 is 8.28. The minimum atomic E-state index is -0.143. The van der Waals surface area contributed by atoms with Crippen molar-refractivity contribution >= 4 is 27.7 Å². The number of nitrogens with one attached hydrogen (secondary N) is 1. The molecule has 6 nitrogen and oxygen atoms in total.